The average Bonchev–Trinajstić information content (AvgIpc) is 2.48. The molecule has 1 aliphatic heterocycles. The summed E-state index contributed by atoms with van der Waals surface area (Å²) in [6.07, 6.45) is 0.0866. The van der Waals surface area contributed by atoms with E-state index in [0.29, 0.717) is 19.7 Å². The van der Waals surface area contributed by atoms with Gasteiger partial charge >= 0.3 is 0 Å². The first-order valence-electron chi connectivity index (χ1n) is 6.85. The molecule has 7 heteroatoms. The van der Waals surface area contributed by atoms with E-state index in [0.717, 1.165) is 5.56 Å². The number of carbonyl (C=O) groups excluding carboxylic acids is 1. The number of amides is 1. The first-order valence-corrected chi connectivity index (χ1v) is 6.85. The fourth-order valence-electron chi connectivity index (χ4n) is 2.24. The summed E-state index contributed by atoms with van der Waals surface area (Å²) in [4.78, 5) is 24.1. The largest absolute Gasteiger partial charge is 0.373 e. The lowest BCUT2D eigenvalue weighted by molar-refractivity contribution is -0.384. The van der Waals surface area contributed by atoms with Crippen LogP contribution in [0, 0.1) is 10.1 Å². The van der Waals surface area contributed by atoms with Gasteiger partial charge in [0.2, 0.25) is 5.91 Å². The highest BCUT2D eigenvalue weighted by Crippen LogP contribution is 2.14. The molecule has 21 heavy (non-hydrogen) atoms. The molecule has 0 aromatic heterocycles. The second-order valence-corrected chi connectivity index (χ2v) is 5.21. The Labute approximate surface area is 122 Å². The number of nitro benzene ring substituents is 1. The number of nitrogens with zero attached hydrogens (tertiary/aromatic N) is 2. The van der Waals surface area contributed by atoms with Gasteiger partial charge in [-0.05, 0) is 12.5 Å². The highest BCUT2D eigenvalue weighted by atomic mass is 16.6. The van der Waals surface area contributed by atoms with Crippen LogP contribution in [0.4, 0.5) is 5.69 Å². The van der Waals surface area contributed by atoms with Gasteiger partial charge in [-0.2, -0.15) is 0 Å². The van der Waals surface area contributed by atoms with Crippen LogP contribution >= 0.6 is 0 Å². The predicted molar refractivity (Wildman–Crippen MR) is 76.8 cm³/mol. The number of benzene rings is 1. The first-order chi connectivity index (χ1) is 9.97. The van der Waals surface area contributed by atoms with Gasteiger partial charge in [0.1, 0.15) is 0 Å². The summed E-state index contributed by atoms with van der Waals surface area (Å²) in [7, 11) is 0. The van der Waals surface area contributed by atoms with Gasteiger partial charge in [-0.25, -0.2) is 0 Å². The molecule has 1 saturated heterocycles. The van der Waals surface area contributed by atoms with Gasteiger partial charge in [-0.15, -0.1) is 0 Å². The molecule has 0 saturated carbocycles. The monoisotopic (exact) mass is 293 g/mol. The summed E-state index contributed by atoms with van der Waals surface area (Å²) in [5.41, 5.74) is 6.58. The van der Waals surface area contributed by atoms with Gasteiger partial charge < -0.3 is 15.4 Å². The number of morpholine rings is 1. The van der Waals surface area contributed by atoms with E-state index >= 15 is 0 Å². The maximum atomic E-state index is 12.3. The smallest absolute Gasteiger partial charge is 0.269 e. The molecule has 2 atom stereocenters. The van der Waals surface area contributed by atoms with E-state index < -0.39 is 4.92 Å². The van der Waals surface area contributed by atoms with Gasteiger partial charge in [0.15, 0.2) is 0 Å². The number of nitro groups is 1. The van der Waals surface area contributed by atoms with Gasteiger partial charge in [-0.1, -0.05) is 12.1 Å². The molecule has 2 N–H and O–H groups in total. The van der Waals surface area contributed by atoms with Crippen molar-refractivity contribution >= 4 is 11.6 Å². The van der Waals surface area contributed by atoms with E-state index in [1.165, 1.54) is 12.1 Å². The second kappa shape index (κ2) is 6.64. The minimum absolute atomic E-state index is 0.0159. The Morgan fingerprint density at radius 3 is 2.76 bits per heavy atom. The zero-order chi connectivity index (χ0) is 15.4. The molecular weight excluding hydrogens is 274 g/mol. The van der Waals surface area contributed by atoms with E-state index in [9.17, 15) is 14.9 Å². The normalized spacial score (nSPS) is 20.1. The maximum absolute atomic E-state index is 12.3. The number of rotatable bonds is 4. The molecule has 1 fully saturated rings. The topological polar surface area (TPSA) is 98.7 Å². The van der Waals surface area contributed by atoms with Crippen LogP contribution in [0.15, 0.2) is 24.3 Å². The number of ether oxygens (including phenoxy) is 1. The lowest BCUT2D eigenvalue weighted by Gasteiger charge is -2.34. The average molecular weight is 293 g/mol. The minimum atomic E-state index is -0.458. The third-order valence-corrected chi connectivity index (χ3v) is 3.54. The van der Waals surface area contributed by atoms with Crippen LogP contribution in [0.1, 0.15) is 12.5 Å². The Morgan fingerprint density at radius 2 is 2.19 bits per heavy atom. The number of nitrogens with two attached hydrogens (primary N) is 1. The zero-order valence-corrected chi connectivity index (χ0v) is 11.9. The van der Waals surface area contributed by atoms with Gasteiger partial charge in [0.05, 0.1) is 24.1 Å². The Bertz CT molecular complexity index is 515. The molecule has 0 spiro atoms. The van der Waals surface area contributed by atoms with Crippen molar-refractivity contribution in [2.75, 3.05) is 19.7 Å². The molecule has 1 aromatic rings. The van der Waals surface area contributed by atoms with E-state index in [4.69, 9.17) is 10.5 Å². The second-order valence-electron chi connectivity index (χ2n) is 5.21. The summed E-state index contributed by atoms with van der Waals surface area (Å²) in [5, 5.41) is 10.6. The van der Waals surface area contributed by atoms with Crippen LogP contribution in [0.3, 0.4) is 0 Å². The molecular formula is C14H19N3O4. The summed E-state index contributed by atoms with van der Waals surface area (Å²) in [6.45, 7) is 3.38. The number of carbonyl (C=O) groups is 1. The van der Waals surface area contributed by atoms with E-state index in [1.807, 2.05) is 6.92 Å². The fourth-order valence-corrected chi connectivity index (χ4v) is 2.24. The van der Waals surface area contributed by atoms with E-state index in [1.54, 1.807) is 17.0 Å². The number of non-ortho nitro benzene ring substituents is 1. The molecule has 1 aromatic carbocycles. The third kappa shape index (κ3) is 3.99. The van der Waals surface area contributed by atoms with Crippen molar-refractivity contribution in [1.82, 2.24) is 4.90 Å². The molecule has 1 aliphatic rings. The lowest BCUT2D eigenvalue weighted by atomic mass is 10.1. The van der Waals surface area contributed by atoms with Crippen molar-refractivity contribution in [2.45, 2.75) is 25.5 Å². The van der Waals surface area contributed by atoms with Crippen molar-refractivity contribution in [3.05, 3.63) is 39.9 Å². The predicted octanol–water partition coefficient (Wildman–Crippen LogP) is 0.712. The van der Waals surface area contributed by atoms with Crippen molar-refractivity contribution in [2.24, 2.45) is 5.73 Å². The van der Waals surface area contributed by atoms with Crippen LogP contribution in [0.25, 0.3) is 0 Å². The highest BCUT2D eigenvalue weighted by Gasteiger charge is 2.26. The molecule has 1 heterocycles. The molecule has 0 bridgehead atoms. The quantitative estimate of drug-likeness (QED) is 0.651. The Balaban J connectivity index is 1.96. The third-order valence-electron chi connectivity index (χ3n) is 3.54. The zero-order valence-electron chi connectivity index (χ0n) is 11.9. The lowest BCUT2D eigenvalue weighted by Crippen LogP contribution is -2.51. The van der Waals surface area contributed by atoms with Gasteiger partial charge in [0, 0.05) is 31.3 Å². The van der Waals surface area contributed by atoms with E-state index in [2.05, 4.69) is 0 Å². The van der Waals surface area contributed by atoms with Crippen LogP contribution in [0.2, 0.25) is 0 Å². The van der Waals surface area contributed by atoms with E-state index in [-0.39, 0.29) is 30.2 Å². The maximum Gasteiger partial charge on any atom is 0.269 e. The highest BCUT2D eigenvalue weighted by molar-refractivity contribution is 5.79. The molecule has 0 radical (unpaired) electrons. The summed E-state index contributed by atoms with van der Waals surface area (Å²) < 4.78 is 5.52. The molecule has 0 aliphatic carbocycles. The van der Waals surface area contributed by atoms with Gasteiger partial charge in [0.25, 0.3) is 5.69 Å². The van der Waals surface area contributed by atoms with Crippen molar-refractivity contribution in [1.29, 1.82) is 0 Å². The summed E-state index contributed by atoms with van der Waals surface area (Å²) in [5.74, 6) is -0.0159. The molecule has 2 unspecified atom stereocenters. The van der Waals surface area contributed by atoms with Crippen molar-refractivity contribution in [3.63, 3.8) is 0 Å². The van der Waals surface area contributed by atoms with Crippen LogP contribution < -0.4 is 5.73 Å². The molecule has 7 nitrogen and oxygen atoms in total. The fraction of sp³-hybridized carbons (Fsp3) is 0.500. The molecule has 114 valence electrons. The Hall–Kier alpha value is -1.99. The SMILES string of the molecule is CC(N)C1CN(C(=O)Cc2ccc([N+](=O)[O-])cc2)CCO1. The number of hydrogen-bond acceptors (Lipinski definition) is 5. The van der Waals surface area contributed by atoms with Gasteiger partial charge in [-0.3, -0.25) is 14.9 Å². The summed E-state index contributed by atoms with van der Waals surface area (Å²) in [6, 6.07) is 5.92. The standard InChI is InChI=1S/C14H19N3O4/c1-10(15)13-9-16(6-7-21-13)14(18)8-11-2-4-12(5-3-11)17(19)20/h2-5,10,13H,6-9,15H2,1H3. The first kappa shape index (κ1) is 15.4. The molecule has 1 amide bonds. The van der Waals surface area contributed by atoms with Crippen molar-refractivity contribution < 1.29 is 14.5 Å². The number of hydrogen-bond donors (Lipinski definition) is 1. The van der Waals surface area contributed by atoms with Crippen LogP contribution in [0.5, 0.6) is 0 Å². The van der Waals surface area contributed by atoms with Crippen LogP contribution in [-0.2, 0) is 16.0 Å². The Morgan fingerprint density at radius 1 is 1.52 bits per heavy atom. The molecule has 2 rings (SSSR count). The van der Waals surface area contributed by atoms with Crippen LogP contribution in [-0.4, -0.2) is 47.6 Å². The van der Waals surface area contributed by atoms with Crippen molar-refractivity contribution in [3.8, 4) is 0 Å². The minimum Gasteiger partial charge on any atom is -0.373 e. The summed E-state index contributed by atoms with van der Waals surface area (Å²) >= 11 is 0. The Kier molecular flexibility index (Phi) is 4.87.